The lowest BCUT2D eigenvalue weighted by Crippen LogP contribution is -2.31. The summed E-state index contributed by atoms with van der Waals surface area (Å²) in [7, 11) is 0. The number of amides is 1. The van der Waals surface area contributed by atoms with Crippen LogP contribution in [0.1, 0.15) is 5.56 Å². The van der Waals surface area contributed by atoms with Crippen LogP contribution in [0.15, 0.2) is 106 Å². The number of halogens is 1. The fourth-order valence-electron chi connectivity index (χ4n) is 3.52. The van der Waals surface area contributed by atoms with Gasteiger partial charge in [0, 0.05) is 15.4 Å². The number of hydrogen-bond donors (Lipinski definition) is 1. The number of anilines is 1. The van der Waals surface area contributed by atoms with E-state index in [1.54, 1.807) is 11.1 Å². The van der Waals surface area contributed by atoms with E-state index in [-0.39, 0.29) is 11.7 Å². The predicted octanol–water partition coefficient (Wildman–Crippen LogP) is 7.29. The number of thioether (sulfide) groups is 1. The summed E-state index contributed by atoms with van der Waals surface area (Å²) in [5.74, 6) is 0.232. The van der Waals surface area contributed by atoms with E-state index in [1.807, 2.05) is 90.3 Å². The summed E-state index contributed by atoms with van der Waals surface area (Å²) >= 11 is 6.35. The summed E-state index contributed by atoms with van der Waals surface area (Å²) in [6.07, 6.45) is 1.80. The summed E-state index contributed by atoms with van der Waals surface area (Å²) in [5, 5.41) is 3.39. The molecule has 0 aliphatic carbocycles. The first kappa shape index (κ1) is 23.5. The van der Waals surface area contributed by atoms with E-state index < -0.39 is 0 Å². The Labute approximate surface area is 220 Å². The first-order valence-electron chi connectivity index (χ1n) is 10.9. The first-order valence-corrected chi connectivity index (χ1v) is 13.6. The minimum atomic E-state index is -0.0202. The van der Waals surface area contributed by atoms with E-state index in [9.17, 15) is 4.79 Å². The van der Waals surface area contributed by atoms with Crippen LogP contribution < -0.4 is 4.90 Å². The zero-order valence-corrected chi connectivity index (χ0v) is 21.8. The van der Waals surface area contributed by atoms with Crippen LogP contribution in [0.3, 0.4) is 0 Å². The van der Waals surface area contributed by atoms with E-state index in [2.05, 4.69) is 25.9 Å². The van der Waals surface area contributed by atoms with Gasteiger partial charge in [0.05, 0.1) is 29.9 Å². The highest BCUT2D eigenvalue weighted by Gasteiger charge is 2.21. The van der Waals surface area contributed by atoms with Crippen LogP contribution in [0.2, 0.25) is 0 Å². The molecule has 0 radical (unpaired) electrons. The Morgan fingerprint density at radius 1 is 0.943 bits per heavy atom. The Balaban J connectivity index is 1.34. The van der Waals surface area contributed by atoms with Crippen molar-refractivity contribution in [3.63, 3.8) is 0 Å². The van der Waals surface area contributed by atoms with Crippen molar-refractivity contribution in [3.05, 3.63) is 107 Å². The maximum absolute atomic E-state index is 13.4. The molecule has 0 atom stereocenters. The molecule has 1 N–H and O–H groups in total. The van der Waals surface area contributed by atoms with E-state index in [1.165, 1.54) is 23.1 Å². The molecule has 0 aliphatic heterocycles. The molecule has 2 aromatic heterocycles. The number of nitrogens with zero attached hydrogens (tertiary/aromatic N) is 3. The van der Waals surface area contributed by atoms with E-state index in [4.69, 9.17) is 4.98 Å². The summed E-state index contributed by atoms with van der Waals surface area (Å²) in [5.41, 5.74) is 4.92. The number of benzene rings is 3. The maximum atomic E-state index is 13.4. The third-order valence-electron chi connectivity index (χ3n) is 5.32. The molecule has 2 heterocycles. The van der Waals surface area contributed by atoms with Gasteiger partial charge < -0.3 is 4.98 Å². The molecule has 5 aromatic rings. The average molecular weight is 562 g/mol. The van der Waals surface area contributed by atoms with E-state index in [0.29, 0.717) is 16.8 Å². The maximum Gasteiger partial charge on any atom is 0.239 e. The van der Waals surface area contributed by atoms with Crippen LogP contribution in [-0.2, 0) is 11.3 Å². The SMILES string of the molecule is O=C(CSc1ncc(-c2ccccc2)[nH]1)N(Cc1ccccc1)c1nc(-c2ccc(Br)cc2)cs1. The summed E-state index contributed by atoms with van der Waals surface area (Å²) in [6.45, 7) is 0.459. The summed E-state index contributed by atoms with van der Waals surface area (Å²) in [4.78, 5) is 27.7. The second-order valence-electron chi connectivity index (χ2n) is 7.74. The standard InChI is InChI=1S/C27H21BrN4OS2/c28-22-13-11-21(12-14-22)24-17-35-27(31-24)32(16-19-7-3-1-4-8-19)25(33)18-34-26-29-15-23(30-26)20-9-5-2-6-10-20/h1-15,17H,16,18H2,(H,29,30). The Morgan fingerprint density at radius 2 is 1.66 bits per heavy atom. The third-order valence-corrected chi connectivity index (χ3v) is 7.58. The Bertz CT molecular complexity index is 1400. The smallest absolute Gasteiger partial charge is 0.239 e. The van der Waals surface area contributed by atoms with Crippen molar-refractivity contribution in [2.75, 3.05) is 10.7 Å². The van der Waals surface area contributed by atoms with Gasteiger partial charge in [-0.2, -0.15) is 0 Å². The lowest BCUT2D eigenvalue weighted by atomic mass is 10.2. The van der Waals surface area contributed by atoms with E-state index >= 15 is 0 Å². The van der Waals surface area contributed by atoms with Gasteiger partial charge in [-0.05, 0) is 23.3 Å². The fourth-order valence-corrected chi connectivity index (χ4v) is 5.36. The molecule has 3 aromatic carbocycles. The van der Waals surface area contributed by atoms with Gasteiger partial charge >= 0.3 is 0 Å². The molecule has 0 spiro atoms. The van der Waals surface area contributed by atoms with Gasteiger partial charge in [-0.15, -0.1) is 11.3 Å². The predicted molar refractivity (Wildman–Crippen MR) is 148 cm³/mol. The molecule has 0 unspecified atom stereocenters. The van der Waals surface area contributed by atoms with Crippen molar-refractivity contribution >= 4 is 50.1 Å². The van der Waals surface area contributed by atoms with Crippen LogP contribution in [0, 0.1) is 0 Å². The molecular weight excluding hydrogens is 540 g/mol. The Kier molecular flexibility index (Phi) is 7.42. The molecule has 5 nitrogen and oxygen atoms in total. The van der Waals surface area contributed by atoms with Crippen LogP contribution in [-0.4, -0.2) is 26.6 Å². The van der Waals surface area contributed by atoms with Gasteiger partial charge in [-0.25, -0.2) is 9.97 Å². The number of aromatic amines is 1. The quantitative estimate of drug-likeness (QED) is 0.202. The van der Waals surface area contributed by atoms with Crippen LogP contribution >= 0.6 is 39.0 Å². The number of thiazole rings is 1. The topological polar surface area (TPSA) is 61.9 Å². The van der Waals surface area contributed by atoms with Gasteiger partial charge in [-0.3, -0.25) is 9.69 Å². The first-order chi connectivity index (χ1) is 17.2. The fraction of sp³-hybridized carbons (Fsp3) is 0.0741. The Morgan fingerprint density at radius 3 is 2.40 bits per heavy atom. The number of carbonyl (C=O) groups is 1. The average Bonchev–Trinajstić information content (AvgIpc) is 3.58. The van der Waals surface area contributed by atoms with Gasteiger partial charge in [0.1, 0.15) is 0 Å². The summed E-state index contributed by atoms with van der Waals surface area (Å²) < 4.78 is 1.02. The van der Waals surface area contributed by atoms with Gasteiger partial charge in [0.2, 0.25) is 5.91 Å². The second kappa shape index (κ2) is 11.0. The van der Waals surface area contributed by atoms with Crippen LogP contribution in [0.5, 0.6) is 0 Å². The molecule has 0 fully saturated rings. The second-order valence-corrected chi connectivity index (χ2v) is 10.5. The van der Waals surface area contributed by atoms with Crippen LogP contribution in [0.25, 0.3) is 22.5 Å². The van der Waals surface area contributed by atoms with Gasteiger partial charge in [0.15, 0.2) is 10.3 Å². The zero-order chi connectivity index (χ0) is 24.0. The lowest BCUT2D eigenvalue weighted by Gasteiger charge is -2.19. The van der Waals surface area contributed by atoms with Gasteiger partial charge in [0.25, 0.3) is 0 Å². The highest BCUT2D eigenvalue weighted by molar-refractivity contribution is 9.10. The number of aromatic nitrogens is 3. The molecule has 0 saturated heterocycles. The van der Waals surface area contributed by atoms with E-state index in [0.717, 1.165) is 32.6 Å². The molecule has 8 heteroatoms. The van der Waals surface area contributed by atoms with Crippen molar-refractivity contribution < 1.29 is 4.79 Å². The van der Waals surface area contributed by atoms with Crippen LogP contribution in [0.4, 0.5) is 5.13 Å². The number of H-pyrrole nitrogens is 1. The third kappa shape index (κ3) is 5.90. The van der Waals surface area contributed by atoms with Crippen molar-refractivity contribution in [2.24, 2.45) is 0 Å². The van der Waals surface area contributed by atoms with Crippen molar-refractivity contribution in [2.45, 2.75) is 11.7 Å². The normalized spacial score (nSPS) is 10.9. The summed E-state index contributed by atoms with van der Waals surface area (Å²) in [6, 6.07) is 28.0. The highest BCUT2D eigenvalue weighted by atomic mass is 79.9. The minimum Gasteiger partial charge on any atom is -0.333 e. The number of carbonyl (C=O) groups excluding carboxylic acids is 1. The molecule has 0 saturated carbocycles. The molecule has 5 rings (SSSR count). The molecule has 174 valence electrons. The number of rotatable bonds is 8. The van der Waals surface area contributed by atoms with Crippen molar-refractivity contribution in [1.82, 2.24) is 15.0 Å². The lowest BCUT2D eigenvalue weighted by molar-refractivity contribution is -0.116. The number of imidazole rings is 1. The van der Waals surface area contributed by atoms with Gasteiger partial charge in [-0.1, -0.05) is 100 Å². The number of hydrogen-bond acceptors (Lipinski definition) is 5. The Hall–Kier alpha value is -3.20. The molecule has 1 amide bonds. The molecular formula is C27H21BrN4OS2. The zero-order valence-electron chi connectivity index (χ0n) is 18.6. The van der Waals surface area contributed by atoms with Crippen molar-refractivity contribution in [1.29, 1.82) is 0 Å². The largest absolute Gasteiger partial charge is 0.333 e. The highest BCUT2D eigenvalue weighted by Crippen LogP contribution is 2.30. The van der Waals surface area contributed by atoms with Crippen molar-refractivity contribution in [3.8, 4) is 22.5 Å². The number of nitrogens with one attached hydrogen (secondary N) is 1. The molecule has 0 aliphatic rings. The molecule has 35 heavy (non-hydrogen) atoms. The minimum absolute atomic E-state index is 0.0202. The monoisotopic (exact) mass is 560 g/mol. The molecule has 0 bridgehead atoms.